The van der Waals surface area contributed by atoms with E-state index in [2.05, 4.69) is 52.7 Å². The second-order valence-corrected chi connectivity index (χ2v) is 4.91. The predicted octanol–water partition coefficient (Wildman–Crippen LogP) is 2.50. The van der Waals surface area contributed by atoms with Crippen LogP contribution >= 0.6 is 0 Å². The Balaban J connectivity index is 1.72. The fraction of sp³-hybridized carbons (Fsp3) is 0.375. The normalized spacial score (nSPS) is 23.3. The quantitative estimate of drug-likeness (QED) is 0.853. The topological polar surface area (TPSA) is 15.3 Å². The van der Waals surface area contributed by atoms with Gasteiger partial charge in [-0.15, -0.1) is 0 Å². The number of allylic oxidation sites excluding steroid dienone is 4. The largest absolute Gasteiger partial charge is 0.369 e. The van der Waals surface area contributed by atoms with Crippen LogP contribution in [-0.2, 0) is 0 Å². The fourth-order valence-electron chi connectivity index (χ4n) is 2.61. The minimum Gasteiger partial charge on any atom is -0.369 e. The molecule has 0 amide bonds. The molecule has 93 valence electrons. The standard InChI is InChI=1S/C16H19N2/c1-2-4-14(5-3-1)15-6-8-16(9-7-15)18-12-10-17-11-13-18/h1-2,5-9,14,17H,4,10-13H2. The molecule has 2 heteroatoms. The third-order valence-corrected chi connectivity index (χ3v) is 3.70. The van der Waals surface area contributed by atoms with Gasteiger partial charge in [0.2, 0.25) is 0 Å². The van der Waals surface area contributed by atoms with E-state index in [4.69, 9.17) is 0 Å². The molecule has 2 aliphatic rings. The van der Waals surface area contributed by atoms with Gasteiger partial charge < -0.3 is 10.2 Å². The maximum atomic E-state index is 3.39. The lowest BCUT2D eigenvalue weighted by molar-refractivity contribution is 0.589. The number of anilines is 1. The average molecular weight is 239 g/mol. The summed E-state index contributed by atoms with van der Waals surface area (Å²) in [5, 5.41) is 3.39. The van der Waals surface area contributed by atoms with E-state index in [0.29, 0.717) is 5.92 Å². The van der Waals surface area contributed by atoms with Crippen LogP contribution in [0.2, 0.25) is 0 Å². The molecule has 1 N–H and O–H groups in total. The summed E-state index contributed by atoms with van der Waals surface area (Å²) in [5.41, 5.74) is 2.74. The van der Waals surface area contributed by atoms with Crippen LogP contribution in [0.25, 0.3) is 0 Å². The summed E-state index contributed by atoms with van der Waals surface area (Å²) in [5.74, 6) is 0.507. The SMILES string of the molecule is [C]1=CC(c2ccc(N3CCNCC3)cc2)CC=C1. The highest BCUT2D eigenvalue weighted by Gasteiger charge is 2.12. The highest BCUT2D eigenvalue weighted by Crippen LogP contribution is 2.26. The van der Waals surface area contributed by atoms with Gasteiger partial charge in [-0.2, -0.15) is 0 Å². The van der Waals surface area contributed by atoms with Gasteiger partial charge in [0.25, 0.3) is 0 Å². The van der Waals surface area contributed by atoms with Gasteiger partial charge in [-0.3, -0.25) is 0 Å². The molecule has 1 saturated heterocycles. The van der Waals surface area contributed by atoms with Crippen molar-refractivity contribution in [2.24, 2.45) is 0 Å². The lowest BCUT2D eigenvalue weighted by atomic mass is 9.92. The third kappa shape index (κ3) is 2.49. The summed E-state index contributed by atoms with van der Waals surface area (Å²) < 4.78 is 0. The van der Waals surface area contributed by atoms with Crippen molar-refractivity contribution >= 4 is 5.69 Å². The second-order valence-electron chi connectivity index (χ2n) is 4.91. The lowest BCUT2D eigenvalue weighted by Gasteiger charge is -2.29. The summed E-state index contributed by atoms with van der Waals surface area (Å²) in [4.78, 5) is 2.45. The first kappa shape index (κ1) is 11.5. The molecule has 1 heterocycles. The van der Waals surface area contributed by atoms with Crippen molar-refractivity contribution in [3.63, 3.8) is 0 Å². The number of nitrogens with zero attached hydrogens (tertiary/aromatic N) is 1. The smallest absolute Gasteiger partial charge is 0.0367 e. The summed E-state index contributed by atoms with van der Waals surface area (Å²) in [7, 11) is 0. The molecule has 0 spiro atoms. The van der Waals surface area contributed by atoms with Crippen LogP contribution in [0.5, 0.6) is 0 Å². The van der Waals surface area contributed by atoms with Gasteiger partial charge in [-0.25, -0.2) is 0 Å². The van der Waals surface area contributed by atoms with Crippen molar-refractivity contribution in [3.05, 3.63) is 54.1 Å². The Morgan fingerprint density at radius 1 is 1.11 bits per heavy atom. The monoisotopic (exact) mass is 239 g/mol. The van der Waals surface area contributed by atoms with Gasteiger partial charge in [0.1, 0.15) is 0 Å². The molecule has 0 aromatic heterocycles. The van der Waals surface area contributed by atoms with E-state index in [9.17, 15) is 0 Å². The lowest BCUT2D eigenvalue weighted by Crippen LogP contribution is -2.43. The van der Waals surface area contributed by atoms with Crippen molar-refractivity contribution in [2.45, 2.75) is 12.3 Å². The van der Waals surface area contributed by atoms with Crippen LogP contribution in [-0.4, -0.2) is 26.2 Å². The number of hydrogen-bond donors (Lipinski definition) is 1. The van der Waals surface area contributed by atoms with Gasteiger partial charge in [0, 0.05) is 37.8 Å². The predicted molar refractivity (Wildman–Crippen MR) is 75.8 cm³/mol. The van der Waals surface area contributed by atoms with E-state index in [1.54, 1.807) is 0 Å². The fourth-order valence-corrected chi connectivity index (χ4v) is 2.61. The maximum Gasteiger partial charge on any atom is 0.0367 e. The molecular weight excluding hydrogens is 220 g/mol. The van der Waals surface area contributed by atoms with Crippen LogP contribution in [0.1, 0.15) is 17.9 Å². The molecular formula is C16H19N2. The Morgan fingerprint density at radius 2 is 1.89 bits per heavy atom. The number of hydrogen-bond acceptors (Lipinski definition) is 2. The molecule has 1 aliphatic heterocycles. The summed E-state index contributed by atoms with van der Waals surface area (Å²) in [6.07, 6.45) is 10.6. The molecule has 2 nitrogen and oxygen atoms in total. The Hall–Kier alpha value is -1.54. The van der Waals surface area contributed by atoms with Crippen molar-refractivity contribution in [1.29, 1.82) is 0 Å². The first-order valence-corrected chi connectivity index (χ1v) is 6.73. The van der Waals surface area contributed by atoms with Crippen LogP contribution < -0.4 is 10.2 Å². The molecule has 1 aromatic rings. The molecule has 1 atom stereocenters. The van der Waals surface area contributed by atoms with E-state index < -0.39 is 0 Å². The van der Waals surface area contributed by atoms with E-state index in [-0.39, 0.29) is 0 Å². The molecule has 1 radical (unpaired) electrons. The molecule has 1 aromatic carbocycles. The van der Waals surface area contributed by atoms with E-state index in [1.165, 1.54) is 11.3 Å². The van der Waals surface area contributed by atoms with Crippen LogP contribution in [0.4, 0.5) is 5.69 Å². The molecule has 0 saturated carbocycles. The van der Waals surface area contributed by atoms with Crippen molar-refractivity contribution in [3.8, 4) is 0 Å². The van der Waals surface area contributed by atoms with Gasteiger partial charge >= 0.3 is 0 Å². The van der Waals surface area contributed by atoms with Gasteiger partial charge in [0.15, 0.2) is 0 Å². The molecule has 1 unspecified atom stereocenters. The zero-order valence-corrected chi connectivity index (χ0v) is 10.6. The maximum absolute atomic E-state index is 3.39. The molecule has 0 bridgehead atoms. The summed E-state index contributed by atoms with van der Waals surface area (Å²) in [6, 6.07) is 9.04. The van der Waals surface area contributed by atoms with Crippen LogP contribution in [0.15, 0.2) is 42.5 Å². The van der Waals surface area contributed by atoms with Crippen molar-refractivity contribution in [2.75, 3.05) is 31.1 Å². The van der Waals surface area contributed by atoms with Gasteiger partial charge in [-0.1, -0.05) is 30.4 Å². The minimum atomic E-state index is 0.507. The Labute approximate surface area is 109 Å². The highest BCUT2D eigenvalue weighted by molar-refractivity contribution is 5.49. The number of nitrogens with one attached hydrogen (secondary N) is 1. The summed E-state index contributed by atoms with van der Waals surface area (Å²) >= 11 is 0. The van der Waals surface area contributed by atoms with Gasteiger partial charge in [-0.05, 0) is 30.2 Å². The molecule has 3 rings (SSSR count). The minimum absolute atomic E-state index is 0.507. The average Bonchev–Trinajstić information content (AvgIpc) is 2.49. The number of benzene rings is 1. The van der Waals surface area contributed by atoms with Crippen LogP contribution in [0, 0.1) is 6.08 Å². The second kappa shape index (κ2) is 5.40. The number of rotatable bonds is 2. The first-order valence-electron chi connectivity index (χ1n) is 6.73. The van der Waals surface area contributed by atoms with Crippen LogP contribution in [0.3, 0.4) is 0 Å². The third-order valence-electron chi connectivity index (χ3n) is 3.70. The molecule has 18 heavy (non-hydrogen) atoms. The van der Waals surface area contributed by atoms with E-state index in [1.807, 2.05) is 6.08 Å². The van der Waals surface area contributed by atoms with Crippen molar-refractivity contribution in [1.82, 2.24) is 5.32 Å². The Morgan fingerprint density at radius 3 is 2.56 bits per heavy atom. The number of piperazine rings is 1. The van der Waals surface area contributed by atoms with Gasteiger partial charge in [0.05, 0.1) is 0 Å². The zero-order valence-electron chi connectivity index (χ0n) is 10.6. The molecule has 1 fully saturated rings. The highest BCUT2D eigenvalue weighted by atomic mass is 15.2. The first-order chi connectivity index (χ1) is 8.93. The van der Waals surface area contributed by atoms with Crippen molar-refractivity contribution < 1.29 is 0 Å². The Kier molecular flexibility index (Phi) is 3.47. The van der Waals surface area contributed by atoms with E-state index >= 15 is 0 Å². The summed E-state index contributed by atoms with van der Waals surface area (Å²) in [6.45, 7) is 4.40. The molecule has 1 aliphatic carbocycles. The zero-order chi connectivity index (χ0) is 12.2. The van der Waals surface area contributed by atoms with E-state index in [0.717, 1.165) is 32.6 Å². The Bertz CT molecular complexity index is 439.